The second-order valence-electron chi connectivity index (χ2n) is 10.7. The van der Waals surface area contributed by atoms with Crippen LogP contribution in [0.5, 0.6) is 0 Å². The van der Waals surface area contributed by atoms with Gasteiger partial charge < -0.3 is 10.2 Å². The van der Waals surface area contributed by atoms with E-state index in [4.69, 9.17) is 23.2 Å². The highest BCUT2D eigenvalue weighted by Gasteiger charge is 2.35. The summed E-state index contributed by atoms with van der Waals surface area (Å²) < 4.78 is 29.2. The lowest BCUT2D eigenvalue weighted by molar-refractivity contribution is -0.140. The van der Waals surface area contributed by atoms with E-state index in [1.165, 1.54) is 23.1 Å². The number of hydrogen-bond acceptors (Lipinski definition) is 4. The van der Waals surface area contributed by atoms with Crippen LogP contribution in [0, 0.1) is 6.92 Å². The predicted molar refractivity (Wildman–Crippen MR) is 181 cm³/mol. The lowest BCUT2D eigenvalue weighted by Crippen LogP contribution is -2.53. The fraction of sp³-hybridized carbons (Fsp3) is 0.257. The van der Waals surface area contributed by atoms with Gasteiger partial charge in [-0.15, -0.1) is 0 Å². The minimum absolute atomic E-state index is 0.00885. The van der Waals surface area contributed by atoms with E-state index in [1.54, 1.807) is 54.6 Å². The molecule has 4 aromatic carbocycles. The number of aryl methyl sites for hydroxylation is 1. The van der Waals surface area contributed by atoms with Gasteiger partial charge in [0.25, 0.3) is 10.0 Å². The lowest BCUT2D eigenvalue weighted by atomic mass is 10.0. The van der Waals surface area contributed by atoms with E-state index in [2.05, 4.69) is 5.32 Å². The minimum atomic E-state index is -4.22. The molecule has 1 unspecified atom stereocenters. The van der Waals surface area contributed by atoms with Gasteiger partial charge in [0.15, 0.2) is 0 Å². The third-order valence-corrected chi connectivity index (χ3v) is 10.0. The topological polar surface area (TPSA) is 86.8 Å². The number of carbonyl (C=O) groups is 2. The standard InChI is InChI=1S/C35H37Cl2N3O4S/c1-3-4-21-38-35(42)33(22-27-13-7-5-8-14-27)39(24-28-15-11-12-18-31(28)36)34(41)25-40(29-20-19-26(2)32(37)23-29)45(43,44)30-16-9-6-10-17-30/h5-20,23,33H,3-4,21-22,24-25H2,1-2H3,(H,38,42). The fourth-order valence-corrected chi connectivity index (χ4v) is 6.65. The van der Waals surface area contributed by atoms with Gasteiger partial charge in [-0.1, -0.05) is 109 Å². The molecule has 45 heavy (non-hydrogen) atoms. The summed E-state index contributed by atoms with van der Waals surface area (Å²) in [6.07, 6.45) is 1.88. The van der Waals surface area contributed by atoms with Crippen molar-refractivity contribution in [2.45, 2.75) is 50.6 Å². The lowest BCUT2D eigenvalue weighted by Gasteiger charge is -2.34. The molecule has 1 atom stereocenters. The molecule has 0 saturated carbocycles. The van der Waals surface area contributed by atoms with Crippen molar-refractivity contribution in [1.29, 1.82) is 0 Å². The summed E-state index contributed by atoms with van der Waals surface area (Å²) >= 11 is 13.0. The van der Waals surface area contributed by atoms with Crippen LogP contribution in [0.4, 0.5) is 5.69 Å². The molecule has 0 radical (unpaired) electrons. The van der Waals surface area contributed by atoms with Crippen molar-refractivity contribution in [2.75, 3.05) is 17.4 Å². The maximum absolute atomic E-state index is 14.5. The van der Waals surface area contributed by atoms with Crippen molar-refractivity contribution >= 4 is 50.7 Å². The van der Waals surface area contributed by atoms with Gasteiger partial charge in [-0.25, -0.2) is 8.42 Å². The Bertz CT molecular complexity index is 1700. The van der Waals surface area contributed by atoms with E-state index in [1.807, 2.05) is 44.2 Å². The highest BCUT2D eigenvalue weighted by Crippen LogP contribution is 2.29. The Morgan fingerprint density at radius 2 is 1.49 bits per heavy atom. The molecular weight excluding hydrogens is 629 g/mol. The van der Waals surface area contributed by atoms with E-state index in [-0.39, 0.29) is 29.5 Å². The van der Waals surface area contributed by atoms with Crippen LogP contribution in [0.25, 0.3) is 0 Å². The molecule has 0 heterocycles. The summed E-state index contributed by atoms with van der Waals surface area (Å²) in [5.74, 6) is -0.902. The van der Waals surface area contributed by atoms with Gasteiger partial charge in [0, 0.05) is 29.6 Å². The summed E-state index contributed by atoms with van der Waals surface area (Å²) in [6.45, 7) is 3.70. The number of benzene rings is 4. The quantitative estimate of drug-likeness (QED) is 0.146. The molecule has 0 bridgehead atoms. The smallest absolute Gasteiger partial charge is 0.264 e. The zero-order valence-corrected chi connectivity index (χ0v) is 27.7. The molecule has 0 fully saturated rings. The third-order valence-electron chi connectivity index (χ3n) is 7.45. The summed E-state index contributed by atoms with van der Waals surface area (Å²) in [4.78, 5) is 29.8. The molecule has 0 aliphatic heterocycles. The van der Waals surface area contributed by atoms with E-state index < -0.39 is 28.5 Å². The number of anilines is 1. The first-order valence-electron chi connectivity index (χ1n) is 14.8. The second-order valence-corrected chi connectivity index (χ2v) is 13.4. The fourth-order valence-electron chi connectivity index (χ4n) is 4.86. The van der Waals surface area contributed by atoms with Crippen LogP contribution in [-0.2, 0) is 32.6 Å². The highest BCUT2D eigenvalue weighted by atomic mass is 35.5. The van der Waals surface area contributed by atoms with E-state index in [0.717, 1.165) is 28.3 Å². The molecule has 0 spiro atoms. The molecule has 0 aromatic heterocycles. The largest absolute Gasteiger partial charge is 0.354 e. The zero-order chi connectivity index (χ0) is 32.4. The van der Waals surface area contributed by atoms with Gasteiger partial charge in [-0.2, -0.15) is 0 Å². The number of rotatable bonds is 14. The molecule has 4 rings (SSSR count). The van der Waals surface area contributed by atoms with Gasteiger partial charge in [0.1, 0.15) is 12.6 Å². The van der Waals surface area contributed by atoms with E-state index in [9.17, 15) is 18.0 Å². The number of sulfonamides is 1. The van der Waals surface area contributed by atoms with Gasteiger partial charge in [-0.3, -0.25) is 13.9 Å². The molecule has 0 saturated heterocycles. The normalized spacial score (nSPS) is 11.9. The maximum atomic E-state index is 14.5. The predicted octanol–water partition coefficient (Wildman–Crippen LogP) is 7.05. The van der Waals surface area contributed by atoms with E-state index >= 15 is 0 Å². The van der Waals surface area contributed by atoms with Crippen LogP contribution in [0.2, 0.25) is 10.0 Å². The van der Waals surface area contributed by atoms with Crippen molar-refractivity contribution in [3.8, 4) is 0 Å². The van der Waals surface area contributed by atoms with Gasteiger partial charge in [0.2, 0.25) is 11.8 Å². The zero-order valence-electron chi connectivity index (χ0n) is 25.3. The van der Waals surface area contributed by atoms with Crippen LogP contribution in [-0.4, -0.2) is 44.3 Å². The molecular formula is C35H37Cl2N3O4S. The Kier molecular flexibility index (Phi) is 12.0. The van der Waals surface area contributed by atoms with Crippen molar-refractivity contribution in [2.24, 2.45) is 0 Å². The number of nitrogens with one attached hydrogen (secondary N) is 1. The van der Waals surface area contributed by atoms with Gasteiger partial charge in [-0.05, 0) is 60.4 Å². The maximum Gasteiger partial charge on any atom is 0.264 e. The van der Waals surface area contributed by atoms with Crippen molar-refractivity contribution in [3.63, 3.8) is 0 Å². The number of hydrogen-bond donors (Lipinski definition) is 1. The number of unbranched alkanes of at least 4 members (excludes halogenated alkanes) is 1. The molecule has 0 aliphatic rings. The van der Waals surface area contributed by atoms with Gasteiger partial charge in [0.05, 0.1) is 10.6 Å². The first-order valence-corrected chi connectivity index (χ1v) is 17.0. The Labute approximate surface area is 275 Å². The molecule has 0 aliphatic carbocycles. The first-order chi connectivity index (χ1) is 21.6. The van der Waals surface area contributed by atoms with Crippen LogP contribution < -0.4 is 9.62 Å². The molecule has 7 nitrogen and oxygen atoms in total. The van der Waals surface area contributed by atoms with Crippen LogP contribution in [0.15, 0.2) is 108 Å². The Morgan fingerprint density at radius 3 is 2.13 bits per heavy atom. The number of carbonyl (C=O) groups excluding carboxylic acids is 2. The Hall–Kier alpha value is -3.85. The van der Waals surface area contributed by atoms with Crippen molar-refractivity contribution in [1.82, 2.24) is 10.2 Å². The first kappa shape index (κ1) is 34.0. The molecule has 1 N–H and O–H groups in total. The van der Waals surface area contributed by atoms with Gasteiger partial charge >= 0.3 is 0 Å². The average Bonchev–Trinajstić information content (AvgIpc) is 3.04. The summed E-state index contributed by atoms with van der Waals surface area (Å²) in [5.41, 5.74) is 2.47. The van der Waals surface area contributed by atoms with Crippen LogP contribution in [0.3, 0.4) is 0 Å². The van der Waals surface area contributed by atoms with E-state index in [0.29, 0.717) is 22.2 Å². The summed E-state index contributed by atoms with van der Waals surface area (Å²) in [5, 5.41) is 3.77. The second kappa shape index (κ2) is 15.9. The average molecular weight is 667 g/mol. The highest BCUT2D eigenvalue weighted by molar-refractivity contribution is 7.92. The number of amides is 2. The summed E-state index contributed by atoms with van der Waals surface area (Å²) in [7, 11) is -4.22. The summed E-state index contributed by atoms with van der Waals surface area (Å²) in [6, 6.07) is 28.3. The molecule has 4 aromatic rings. The van der Waals surface area contributed by atoms with Crippen molar-refractivity contribution < 1.29 is 18.0 Å². The third kappa shape index (κ3) is 8.87. The SMILES string of the molecule is CCCCNC(=O)C(Cc1ccccc1)N(Cc1ccccc1Cl)C(=O)CN(c1ccc(C)c(Cl)c1)S(=O)(=O)c1ccccc1. The number of halogens is 2. The monoisotopic (exact) mass is 665 g/mol. The minimum Gasteiger partial charge on any atom is -0.354 e. The van der Waals surface area contributed by atoms with Crippen LogP contribution >= 0.6 is 23.2 Å². The molecule has 236 valence electrons. The number of nitrogens with zero attached hydrogens (tertiary/aromatic N) is 2. The van der Waals surface area contributed by atoms with Crippen molar-refractivity contribution in [3.05, 3.63) is 130 Å². The molecule has 2 amide bonds. The van der Waals surface area contributed by atoms with Crippen LogP contribution in [0.1, 0.15) is 36.5 Å². The molecule has 10 heteroatoms. The Morgan fingerprint density at radius 1 is 0.844 bits per heavy atom. The Balaban J connectivity index is 1.81.